The lowest BCUT2D eigenvalue weighted by Gasteiger charge is -2.11. The fraction of sp³-hybridized carbons (Fsp3) is 0.300. The average molecular weight is 189 g/mol. The van der Waals surface area contributed by atoms with Gasteiger partial charge >= 0.3 is 0 Å². The Balaban J connectivity index is 2.11. The third-order valence-electron chi connectivity index (χ3n) is 2.25. The van der Waals surface area contributed by atoms with E-state index in [9.17, 15) is 4.79 Å². The molecule has 0 saturated heterocycles. The maximum Gasteiger partial charge on any atom is 0.239 e. The van der Waals surface area contributed by atoms with Crippen LogP contribution in [-0.2, 0) is 4.79 Å². The minimum atomic E-state index is -0.0159. The summed E-state index contributed by atoms with van der Waals surface area (Å²) in [5.74, 6) is 0.194. The van der Waals surface area contributed by atoms with Crippen LogP contribution in [0.15, 0.2) is 29.6 Å². The van der Waals surface area contributed by atoms with E-state index in [0.717, 1.165) is 5.56 Å². The van der Waals surface area contributed by atoms with E-state index >= 15 is 0 Å². The van der Waals surface area contributed by atoms with E-state index in [2.05, 4.69) is 10.1 Å². The number of hydrazone groups is 1. The molecule has 1 aromatic rings. The van der Waals surface area contributed by atoms with Crippen molar-refractivity contribution in [2.24, 2.45) is 5.10 Å². The van der Waals surface area contributed by atoms with Gasteiger partial charge in [-0.1, -0.05) is 0 Å². The predicted molar refractivity (Wildman–Crippen MR) is 52.9 cm³/mol. The molecule has 0 bridgehead atoms. The first-order valence-electron chi connectivity index (χ1n) is 4.49. The molecule has 0 unspecified atom stereocenters. The first-order valence-corrected chi connectivity index (χ1v) is 4.49. The van der Waals surface area contributed by atoms with Crippen LogP contribution in [-0.4, -0.2) is 28.7 Å². The first-order chi connectivity index (χ1) is 6.77. The molecule has 1 aliphatic heterocycles. The number of aromatic nitrogens is 1. The summed E-state index contributed by atoms with van der Waals surface area (Å²) in [5, 5.41) is 5.51. The van der Waals surface area contributed by atoms with Gasteiger partial charge < -0.3 is 0 Å². The molecule has 0 aromatic carbocycles. The smallest absolute Gasteiger partial charge is 0.239 e. The molecule has 1 amide bonds. The van der Waals surface area contributed by atoms with Gasteiger partial charge in [0.2, 0.25) is 5.91 Å². The van der Waals surface area contributed by atoms with Crippen molar-refractivity contribution in [3.05, 3.63) is 30.1 Å². The highest BCUT2D eigenvalue weighted by Crippen LogP contribution is 2.19. The van der Waals surface area contributed by atoms with E-state index < -0.39 is 0 Å². The van der Waals surface area contributed by atoms with E-state index in [4.69, 9.17) is 0 Å². The van der Waals surface area contributed by atoms with Crippen LogP contribution < -0.4 is 0 Å². The van der Waals surface area contributed by atoms with E-state index in [0.29, 0.717) is 6.54 Å². The van der Waals surface area contributed by atoms with Crippen LogP contribution in [0.25, 0.3) is 0 Å². The number of amides is 1. The second-order valence-electron chi connectivity index (χ2n) is 3.25. The van der Waals surface area contributed by atoms with Gasteiger partial charge in [0.15, 0.2) is 0 Å². The molecule has 1 aromatic heterocycles. The summed E-state index contributed by atoms with van der Waals surface area (Å²) in [7, 11) is 0. The molecule has 1 aliphatic rings. The molecule has 0 radical (unpaired) electrons. The second-order valence-corrected chi connectivity index (χ2v) is 3.25. The van der Waals surface area contributed by atoms with E-state index in [1.165, 1.54) is 11.9 Å². The fourth-order valence-corrected chi connectivity index (χ4v) is 1.45. The molecule has 4 nitrogen and oxygen atoms in total. The van der Waals surface area contributed by atoms with Gasteiger partial charge in [-0.15, -0.1) is 0 Å². The van der Waals surface area contributed by atoms with Crippen LogP contribution in [0.1, 0.15) is 18.4 Å². The van der Waals surface area contributed by atoms with Crippen LogP contribution >= 0.6 is 0 Å². The number of rotatable bonds is 1. The Hall–Kier alpha value is -1.71. The van der Waals surface area contributed by atoms with Crippen molar-refractivity contribution >= 4 is 12.1 Å². The molecular weight excluding hydrogens is 178 g/mol. The van der Waals surface area contributed by atoms with E-state index in [1.54, 1.807) is 18.6 Å². The number of hydrogen-bond donors (Lipinski definition) is 0. The highest BCUT2D eigenvalue weighted by molar-refractivity contribution is 5.79. The van der Waals surface area contributed by atoms with Gasteiger partial charge in [0.05, 0.1) is 6.54 Å². The molecule has 0 spiro atoms. The highest BCUT2D eigenvalue weighted by atomic mass is 16.2. The summed E-state index contributed by atoms with van der Waals surface area (Å²) >= 11 is 0. The van der Waals surface area contributed by atoms with Crippen LogP contribution in [0.3, 0.4) is 0 Å². The van der Waals surface area contributed by atoms with Crippen molar-refractivity contribution in [2.75, 3.05) is 6.54 Å². The number of hydrogen-bond acceptors (Lipinski definition) is 3. The Bertz CT molecular complexity index is 361. The predicted octanol–water partition coefficient (Wildman–Crippen LogP) is 1.01. The summed E-state index contributed by atoms with van der Waals surface area (Å²) in [6.45, 7) is 2.16. The Morgan fingerprint density at radius 1 is 1.50 bits per heavy atom. The fourth-order valence-electron chi connectivity index (χ4n) is 1.45. The Kier molecular flexibility index (Phi) is 2.26. The molecule has 14 heavy (non-hydrogen) atoms. The number of nitrogens with zero attached hydrogens (tertiary/aromatic N) is 3. The molecule has 2 heterocycles. The van der Waals surface area contributed by atoms with E-state index in [1.807, 2.05) is 12.1 Å². The van der Waals surface area contributed by atoms with Gasteiger partial charge in [-0.3, -0.25) is 9.78 Å². The summed E-state index contributed by atoms with van der Waals surface area (Å²) in [6.07, 6.45) is 5.30. The molecule has 1 atom stereocenters. The van der Waals surface area contributed by atoms with Gasteiger partial charge in [-0.2, -0.15) is 5.10 Å². The number of pyridine rings is 1. The Morgan fingerprint density at radius 2 is 2.21 bits per heavy atom. The summed E-state index contributed by atoms with van der Waals surface area (Å²) < 4.78 is 0. The molecule has 0 aliphatic carbocycles. The lowest BCUT2D eigenvalue weighted by molar-refractivity contribution is -0.128. The number of carbonyl (C=O) groups is 1. The maximum atomic E-state index is 11.0. The van der Waals surface area contributed by atoms with Crippen LogP contribution in [0.5, 0.6) is 0 Å². The molecular formula is C10H11N3O. The van der Waals surface area contributed by atoms with Crippen LogP contribution in [0, 0.1) is 0 Å². The van der Waals surface area contributed by atoms with Crippen molar-refractivity contribution in [1.82, 2.24) is 9.99 Å². The minimum Gasteiger partial charge on any atom is -0.273 e. The third kappa shape index (κ3) is 1.64. The van der Waals surface area contributed by atoms with Gasteiger partial charge in [0, 0.05) is 31.4 Å². The quantitative estimate of drug-likeness (QED) is 0.662. The zero-order chi connectivity index (χ0) is 9.97. The molecule has 0 fully saturated rings. The Labute approximate surface area is 82.3 Å². The molecule has 0 N–H and O–H groups in total. The Morgan fingerprint density at radius 3 is 2.79 bits per heavy atom. The van der Waals surface area contributed by atoms with Gasteiger partial charge in [-0.05, 0) is 17.7 Å². The van der Waals surface area contributed by atoms with Crippen molar-refractivity contribution in [1.29, 1.82) is 0 Å². The van der Waals surface area contributed by atoms with Gasteiger partial charge in [0.25, 0.3) is 0 Å². The third-order valence-corrected chi connectivity index (χ3v) is 2.25. The van der Waals surface area contributed by atoms with Crippen molar-refractivity contribution < 1.29 is 4.79 Å². The monoisotopic (exact) mass is 189 g/mol. The molecule has 2 rings (SSSR count). The van der Waals surface area contributed by atoms with Crippen LogP contribution in [0.4, 0.5) is 0 Å². The molecule has 0 saturated carbocycles. The summed E-state index contributed by atoms with van der Waals surface area (Å²) in [6, 6.07) is 3.89. The zero-order valence-electron chi connectivity index (χ0n) is 7.92. The van der Waals surface area contributed by atoms with Gasteiger partial charge in [0.1, 0.15) is 0 Å². The largest absolute Gasteiger partial charge is 0.273 e. The summed E-state index contributed by atoms with van der Waals surface area (Å²) in [4.78, 5) is 15.0. The van der Waals surface area contributed by atoms with Crippen molar-refractivity contribution in [3.63, 3.8) is 0 Å². The average Bonchev–Trinajstić information content (AvgIpc) is 2.68. The second kappa shape index (κ2) is 3.57. The lowest BCUT2D eigenvalue weighted by atomic mass is 10.0. The molecule has 72 valence electrons. The van der Waals surface area contributed by atoms with E-state index in [-0.39, 0.29) is 11.8 Å². The maximum absolute atomic E-state index is 11.0. The first kappa shape index (κ1) is 8.87. The normalized spacial score (nSPS) is 20.1. The van der Waals surface area contributed by atoms with Gasteiger partial charge in [-0.25, -0.2) is 5.01 Å². The topological polar surface area (TPSA) is 45.6 Å². The SMILES string of the molecule is CC(=O)N1C[C@H](c2ccncc2)C=N1. The van der Waals surface area contributed by atoms with Crippen molar-refractivity contribution in [2.45, 2.75) is 12.8 Å². The lowest BCUT2D eigenvalue weighted by Crippen LogP contribution is -2.22. The highest BCUT2D eigenvalue weighted by Gasteiger charge is 2.21. The number of carbonyl (C=O) groups excluding carboxylic acids is 1. The zero-order valence-corrected chi connectivity index (χ0v) is 7.92. The minimum absolute atomic E-state index is 0.0159. The summed E-state index contributed by atoms with van der Waals surface area (Å²) in [5.41, 5.74) is 1.15. The van der Waals surface area contributed by atoms with Crippen molar-refractivity contribution in [3.8, 4) is 0 Å². The molecule has 4 heteroatoms. The van der Waals surface area contributed by atoms with Crippen LogP contribution in [0.2, 0.25) is 0 Å². The standard InChI is InChI=1S/C10H11N3O/c1-8(14)13-7-10(6-12-13)9-2-4-11-5-3-9/h2-6,10H,7H2,1H3/t10-/m1/s1.